The number of nitrogens with zero attached hydrogens (tertiary/aromatic N) is 1. The molecule has 0 aromatic heterocycles. The van der Waals surface area contributed by atoms with Gasteiger partial charge in [-0.3, -0.25) is 14.9 Å². The van der Waals surface area contributed by atoms with Crippen molar-refractivity contribution < 1.29 is 14.8 Å². The van der Waals surface area contributed by atoms with Crippen LogP contribution in [-0.4, -0.2) is 22.5 Å². The van der Waals surface area contributed by atoms with E-state index in [4.69, 9.17) is 0 Å². The lowest BCUT2D eigenvalue weighted by Crippen LogP contribution is -2.31. The second kappa shape index (κ2) is 7.70. The number of carbonyl (C=O) groups excluding carboxylic acids is 1. The van der Waals surface area contributed by atoms with Gasteiger partial charge in [-0.05, 0) is 30.0 Å². The van der Waals surface area contributed by atoms with Crippen molar-refractivity contribution in [2.75, 3.05) is 6.61 Å². The number of hydrogen-bond acceptors (Lipinski definition) is 4. The van der Waals surface area contributed by atoms with E-state index >= 15 is 0 Å². The highest BCUT2D eigenvalue weighted by Crippen LogP contribution is 2.19. The fourth-order valence-electron chi connectivity index (χ4n) is 2.42. The second-order valence-electron chi connectivity index (χ2n) is 5.56. The molecule has 0 bridgehead atoms. The Balaban J connectivity index is 2.22. The van der Waals surface area contributed by atoms with E-state index < -0.39 is 16.9 Å². The number of nitro benzene ring substituents is 1. The van der Waals surface area contributed by atoms with Crippen molar-refractivity contribution in [2.45, 2.75) is 26.3 Å². The summed E-state index contributed by atoms with van der Waals surface area (Å²) in [7, 11) is 0. The quantitative estimate of drug-likeness (QED) is 0.630. The van der Waals surface area contributed by atoms with Gasteiger partial charge in [-0.2, -0.15) is 0 Å². The fourth-order valence-corrected chi connectivity index (χ4v) is 2.42. The van der Waals surface area contributed by atoms with E-state index in [9.17, 15) is 20.0 Å². The summed E-state index contributed by atoms with van der Waals surface area (Å²) in [5.74, 6) is -0.449. The Morgan fingerprint density at radius 2 is 1.92 bits per heavy atom. The summed E-state index contributed by atoms with van der Waals surface area (Å²) in [6.45, 7) is 3.50. The fraction of sp³-hybridized carbons (Fsp3) is 0.278. The topological polar surface area (TPSA) is 92.5 Å². The van der Waals surface area contributed by atoms with Gasteiger partial charge in [0.1, 0.15) is 0 Å². The van der Waals surface area contributed by atoms with Gasteiger partial charge < -0.3 is 10.4 Å². The van der Waals surface area contributed by atoms with Crippen molar-refractivity contribution in [3.63, 3.8) is 0 Å². The van der Waals surface area contributed by atoms with Crippen LogP contribution in [0.25, 0.3) is 0 Å². The molecule has 0 saturated carbocycles. The molecule has 0 radical (unpaired) electrons. The van der Waals surface area contributed by atoms with Crippen LogP contribution in [0.5, 0.6) is 0 Å². The summed E-state index contributed by atoms with van der Waals surface area (Å²) >= 11 is 0. The van der Waals surface area contributed by atoms with Gasteiger partial charge in [0.25, 0.3) is 11.6 Å². The van der Waals surface area contributed by atoms with E-state index in [0.29, 0.717) is 5.56 Å². The number of aryl methyl sites for hydroxylation is 2. The van der Waals surface area contributed by atoms with Gasteiger partial charge in [-0.25, -0.2) is 0 Å². The van der Waals surface area contributed by atoms with Gasteiger partial charge >= 0.3 is 0 Å². The molecule has 2 N–H and O–H groups in total. The lowest BCUT2D eigenvalue weighted by molar-refractivity contribution is -0.384. The molecule has 1 atom stereocenters. The smallest absolute Gasteiger partial charge is 0.270 e. The minimum Gasteiger partial charge on any atom is -0.394 e. The molecule has 0 spiro atoms. The summed E-state index contributed by atoms with van der Waals surface area (Å²) in [5, 5.41) is 23.2. The standard InChI is InChI=1S/C18H20N2O4/c1-3-13-5-7-14(8-6-13)17(11-21)19-18(22)16-10-15(20(23)24)9-4-12(16)2/h4-10,17,21H,3,11H2,1-2H3,(H,19,22). The Bertz CT molecular complexity index is 741. The van der Waals surface area contributed by atoms with Crippen LogP contribution < -0.4 is 5.32 Å². The third kappa shape index (κ3) is 3.97. The summed E-state index contributed by atoms with van der Waals surface area (Å²) < 4.78 is 0. The minimum absolute atomic E-state index is 0.140. The first kappa shape index (κ1) is 17.6. The van der Waals surface area contributed by atoms with Crippen LogP contribution in [0.1, 0.15) is 40.0 Å². The first-order valence-corrected chi connectivity index (χ1v) is 7.71. The molecule has 0 aliphatic rings. The molecule has 126 valence electrons. The summed E-state index contributed by atoms with van der Waals surface area (Å²) in [5.41, 5.74) is 2.67. The minimum atomic E-state index is -0.568. The normalized spacial score (nSPS) is 11.8. The molecule has 1 amide bonds. The molecule has 1 unspecified atom stereocenters. The first-order chi connectivity index (χ1) is 11.5. The van der Waals surface area contributed by atoms with Crippen molar-refractivity contribution in [2.24, 2.45) is 0 Å². The maximum absolute atomic E-state index is 12.5. The molecular formula is C18H20N2O4. The SMILES string of the molecule is CCc1ccc(C(CO)NC(=O)c2cc([N+](=O)[O-])ccc2C)cc1. The number of amides is 1. The predicted octanol–water partition coefficient (Wildman–Crippen LogP) is 2.93. The number of carbonyl (C=O) groups is 1. The van der Waals surface area contributed by atoms with Gasteiger partial charge in [-0.15, -0.1) is 0 Å². The van der Waals surface area contributed by atoms with E-state index in [1.54, 1.807) is 6.92 Å². The summed E-state index contributed by atoms with van der Waals surface area (Å²) in [6, 6.07) is 11.2. The van der Waals surface area contributed by atoms with Crippen LogP contribution >= 0.6 is 0 Å². The average molecular weight is 328 g/mol. The second-order valence-corrected chi connectivity index (χ2v) is 5.56. The van der Waals surface area contributed by atoms with Crippen LogP contribution in [0.3, 0.4) is 0 Å². The van der Waals surface area contributed by atoms with Crippen molar-refractivity contribution in [3.8, 4) is 0 Å². The highest BCUT2D eigenvalue weighted by Gasteiger charge is 2.19. The maximum Gasteiger partial charge on any atom is 0.270 e. The van der Waals surface area contributed by atoms with Gasteiger partial charge in [-0.1, -0.05) is 37.3 Å². The van der Waals surface area contributed by atoms with Crippen molar-refractivity contribution in [1.29, 1.82) is 0 Å². The molecule has 24 heavy (non-hydrogen) atoms. The number of nitro groups is 1. The van der Waals surface area contributed by atoms with Gasteiger partial charge in [0.2, 0.25) is 0 Å². The van der Waals surface area contributed by atoms with E-state index in [1.165, 1.54) is 18.2 Å². The predicted molar refractivity (Wildman–Crippen MR) is 90.9 cm³/mol. The Morgan fingerprint density at radius 1 is 1.25 bits per heavy atom. The van der Waals surface area contributed by atoms with E-state index in [0.717, 1.165) is 17.5 Å². The molecule has 0 heterocycles. The van der Waals surface area contributed by atoms with Crippen LogP contribution in [-0.2, 0) is 6.42 Å². The Kier molecular flexibility index (Phi) is 5.65. The molecule has 2 aromatic carbocycles. The molecule has 0 aliphatic heterocycles. The number of non-ortho nitro benzene ring substituents is 1. The number of nitrogens with one attached hydrogen (secondary N) is 1. The number of aliphatic hydroxyl groups is 1. The van der Waals surface area contributed by atoms with Crippen molar-refractivity contribution >= 4 is 11.6 Å². The van der Waals surface area contributed by atoms with E-state index in [-0.39, 0.29) is 17.9 Å². The Morgan fingerprint density at radius 3 is 2.46 bits per heavy atom. The Hall–Kier alpha value is -2.73. The number of benzene rings is 2. The molecule has 0 aliphatic carbocycles. The van der Waals surface area contributed by atoms with E-state index in [2.05, 4.69) is 5.32 Å². The zero-order chi connectivity index (χ0) is 17.7. The third-order valence-corrected chi connectivity index (χ3v) is 3.95. The number of hydrogen-bond donors (Lipinski definition) is 2. The van der Waals surface area contributed by atoms with E-state index in [1.807, 2.05) is 31.2 Å². The van der Waals surface area contributed by atoms with Crippen molar-refractivity contribution in [3.05, 3.63) is 74.8 Å². The molecule has 2 aromatic rings. The van der Waals surface area contributed by atoms with Crippen molar-refractivity contribution in [1.82, 2.24) is 5.32 Å². The number of aliphatic hydroxyl groups excluding tert-OH is 1. The zero-order valence-corrected chi connectivity index (χ0v) is 13.7. The lowest BCUT2D eigenvalue weighted by Gasteiger charge is -2.18. The monoisotopic (exact) mass is 328 g/mol. The zero-order valence-electron chi connectivity index (χ0n) is 13.7. The number of rotatable bonds is 6. The molecule has 6 heteroatoms. The molecule has 6 nitrogen and oxygen atoms in total. The summed E-state index contributed by atoms with van der Waals surface area (Å²) in [6.07, 6.45) is 0.906. The Labute approximate surface area is 140 Å². The molecule has 0 fully saturated rings. The molecular weight excluding hydrogens is 308 g/mol. The highest BCUT2D eigenvalue weighted by atomic mass is 16.6. The van der Waals surface area contributed by atoms with Crippen LogP contribution in [0, 0.1) is 17.0 Å². The lowest BCUT2D eigenvalue weighted by atomic mass is 10.0. The van der Waals surface area contributed by atoms with Crippen LogP contribution in [0.2, 0.25) is 0 Å². The van der Waals surface area contributed by atoms with Crippen LogP contribution in [0.4, 0.5) is 5.69 Å². The molecule has 0 saturated heterocycles. The van der Waals surface area contributed by atoms with Gasteiger partial charge in [0.05, 0.1) is 17.6 Å². The first-order valence-electron chi connectivity index (χ1n) is 7.71. The highest BCUT2D eigenvalue weighted by molar-refractivity contribution is 5.96. The molecule has 2 rings (SSSR count). The van der Waals surface area contributed by atoms with Gasteiger partial charge in [0, 0.05) is 17.7 Å². The largest absolute Gasteiger partial charge is 0.394 e. The summed E-state index contributed by atoms with van der Waals surface area (Å²) in [4.78, 5) is 22.8. The maximum atomic E-state index is 12.5. The third-order valence-electron chi connectivity index (χ3n) is 3.95. The van der Waals surface area contributed by atoms with Crippen LogP contribution in [0.15, 0.2) is 42.5 Å². The van der Waals surface area contributed by atoms with Gasteiger partial charge in [0.15, 0.2) is 0 Å². The average Bonchev–Trinajstić information content (AvgIpc) is 2.59.